The lowest BCUT2D eigenvalue weighted by Gasteiger charge is -2.25. The highest BCUT2D eigenvalue weighted by Crippen LogP contribution is 2.24. The number of benzene rings is 2. The molecule has 0 amide bonds. The molecule has 0 spiro atoms. The Hall–Kier alpha value is -2.94. The summed E-state index contributed by atoms with van der Waals surface area (Å²) in [5.74, 6) is 7.29. The van der Waals surface area contributed by atoms with Gasteiger partial charge < -0.3 is 24.8 Å². The molecular weight excluding hydrogens is 376 g/mol. The molecule has 4 rings (SSSR count). The van der Waals surface area contributed by atoms with E-state index >= 15 is 0 Å². The van der Waals surface area contributed by atoms with E-state index in [1.54, 1.807) is 6.92 Å². The van der Waals surface area contributed by atoms with Gasteiger partial charge in [-0.05, 0) is 42.3 Å². The lowest BCUT2D eigenvalue weighted by molar-refractivity contribution is 0.0256. The van der Waals surface area contributed by atoms with Crippen LogP contribution in [0.3, 0.4) is 0 Å². The van der Waals surface area contributed by atoms with Gasteiger partial charge in [0.15, 0.2) is 0 Å². The molecule has 2 heterocycles. The third kappa shape index (κ3) is 5.15. The van der Waals surface area contributed by atoms with E-state index in [9.17, 15) is 5.11 Å². The fraction of sp³-hybridized carbons (Fsp3) is 0.360. The summed E-state index contributed by atoms with van der Waals surface area (Å²) in [6.07, 6.45) is 5.35. The van der Waals surface area contributed by atoms with Crippen LogP contribution in [0.4, 0.5) is 0 Å². The minimum absolute atomic E-state index is 0.111. The van der Waals surface area contributed by atoms with E-state index in [0.29, 0.717) is 6.54 Å². The van der Waals surface area contributed by atoms with E-state index in [0.717, 1.165) is 48.5 Å². The molecule has 0 bridgehead atoms. The van der Waals surface area contributed by atoms with Crippen molar-refractivity contribution in [2.75, 3.05) is 19.8 Å². The van der Waals surface area contributed by atoms with Gasteiger partial charge in [0, 0.05) is 30.8 Å². The molecule has 30 heavy (non-hydrogen) atoms. The molecule has 0 aromatic heterocycles. The molecular formula is C25H28N2O3. The number of hydrogen-bond acceptors (Lipinski definition) is 5. The topological polar surface area (TPSA) is 54.0 Å². The van der Waals surface area contributed by atoms with Gasteiger partial charge in [0.25, 0.3) is 0 Å². The number of nitrogens with one attached hydrogen (secondary N) is 1. The van der Waals surface area contributed by atoms with Crippen LogP contribution in [0.1, 0.15) is 25.3 Å². The summed E-state index contributed by atoms with van der Waals surface area (Å²) in [4.78, 5) is 2.00. The van der Waals surface area contributed by atoms with Crippen molar-refractivity contribution in [3.05, 3.63) is 66.5 Å². The Morgan fingerprint density at radius 1 is 1.10 bits per heavy atom. The van der Waals surface area contributed by atoms with Crippen molar-refractivity contribution in [3.63, 3.8) is 0 Å². The third-order valence-corrected chi connectivity index (χ3v) is 5.39. The molecule has 0 saturated carbocycles. The normalized spacial score (nSPS) is 19.7. The van der Waals surface area contributed by atoms with Gasteiger partial charge in [-0.1, -0.05) is 36.1 Å². The molecule has 2 aromatic carbocycles. The number of nitrogens with zero attached hydrogens (tertiary/aromatic N) is 1. The van der Waals surface area contributed by atoms with Crippen LogP contribution < -0.4 is 10.1 Å². The van der Waals surface area contributed by atoms with E-state index < -0.39 is 6.10 Å². The summed E-state index contributed by atoms with van der Waals surface area (Å²) in [6.45, 7) is 3.90. The average molecular weight is 405 g/mol. The second-order valence-corrected chi connectivity index (χ2v) is 7.67. The van der Waals surface area contributed by atoms with Gasteiger partial charge in [-0.15, -0.1) is 0 Å². The number of ether oxygens (including phenoxy) is 2. The zero-order chi connectivity index (χ0) is 20.8. The Balaban J connectivity index is 1.34. The zero-order valence-electron chi connectivity index (χ0n) is 17.3. The molecule has 2 aromatic rings. The molecule has 2 atom stereocenters. The van der Waals surface area contributed by atoms with Gasteiger partial charge in [-0.2, -0.15) is 0 Å². The Morgan fingerprint density at radius 2 is 1.77 bits per heavy atom. The SMILES string of the molecule is CC(O)C1NC=CN1CC#Cc1ccc(-c2ccc(OC3CCOCC3)cc2)cc1. The van der Waals surface area contributed by atoms with E-state index in [4.69, 9.17) is 9.47 Å². The van der Waals surface area contributed by atoms with Crippen molar-refractivity contribution in [1.82, 2.24) is 10.2 Å². The summed E-state index contributed by atoms with van der Waals surface area (Å²) in [7, 11) is 0. The standard InChI is InChI=1S/C25H28N2O3/c1-19(28)25-26-14-16-27(25)15-2-3-20-4-6-21(7-5-20)22-8-10-23(11-9-22)30-24-12-17-29-18-13-24/h4-11,14,16,19,24-26,28H,12-13,15,17-18H2,1H3. The van der Waals surface area contributed by atoms with Gasteiger partial charge in [-0.25, -0.2) is 0 Å². The highest BCUT2D eigenvalue weighted by Gasteiger charge is 2.22. The summed E-state index contributed by atoms with van der Waals surface area (Å²) >= 11 is 0. The predicted molar refractivity (Wildman–Crippen MR) is 118 cm³/mol. The van der Waals surface area contributed by atoms with Crippen molar-refractivity contribution in [3.8, 4) is 28.7 Å². The van der Waals surface area contributed by atoms with E-state index in [2.05, 4.69) is 41.4 Å². The Kier molecular flexibility index (Phi) is 6.58. The largest absolute Gasteiger partial charge is 0.490 e. The first kappa shape index (κ1) is 20.3. The second kappa shape index (κ2) is 9.71. The van der Waals surface area contributed by atoms with Gasteiger partial charge in [0.05, 0.1) is 25.9 Å². The predicted octanol–water partition coefficient (Wildman–Crippen LogP) is 3.35. The first-order valence-electron chi connectivity index (χ1n) is 10.5. The summed E-state index contributed by atoms with van der Waals surface area (Å²) < 4.78 is 11.4. The van der Waals surface area contributed by atoms with Gasteiger partial charge in [-0.3, -0.25) is 0 Å². The zero-order valence-corrected chi connectivity index (χ0v) is 17.3. The Bertz CT molecular complexity index is 904. The first-order valence-corrected chi connectivity index (χ1v) is 10.5. The first-order chi connectivity index (χ1) is 14.7. The molecule has 2 unspecified atom stereocenters. The average Bonchev–Trinajstić information content (AvgIpc) is 3.25. The van der Waals surface area contributed by atoms with Crippen LogP contribution in [0.2, 0.25) is 0 Å². The van der Waals surface area contributed by atoms with Gasteiger partial charge in [0.1, 0.15) is 18.0 Å². The molecule has 156 valence electrons. The van der Waals surface area contributed by atoms with Crippen LogP contribution in [-0.2, 0) is 4.74 Å². The highest BCUT2D eigenvalue weighted by molar-refractivity contribution is 5.65. The molecule has 2 N–H and O–H groups in total. The summed E-state index contributed by atoms with van der Waals surface area (Å²) in [5, 5.41) is 12.9. The van der Waals surface area contributed by atoms with E-state index in [-0.39, 0.29) is 12.3 Å². The maximum atomic E-state index is 9.77. The number of hydrogen-bond donors (Lipinski definition) is 2. The fourth-order valence-electron chi connectivity index (χ4n) is 3.68. The lowest BCUT2D eigenvalue weighted by Crippen LogP contribution is -2.43. The molecule has 2 aliphatic rings. The third-order valence-electron chi connectivity index (χ3n) is 5.39. The maximum Gasteiger partial charge on any atom is 0.125 e. The van der Waals surface area contributed by atoms with Crippen molar-refractivity contribution in [2.24, 2.45) is 0 Å². The molecule has 5 heteroatoms. The van der Waals surface area contributed by atoms with Crippen LogP contribution in [0.25, 0.3) is 11.1 Å². The van der Waals surface area contributed by atoms with Crippen LogP contribution in [0, 0.1) is 11.8 Å². The molecule has 0 radical (unpaired) electrons. The number of rotatable bonds is 5. The van der Waals surface area contributed by atoms with Crippen molar-refractivity contribution in [1.29, 1.82) is 0 Å². The molecule has 0 aliphatic carbocycles. The fourth-order valence-corrected chi connectivity index (χ4v) is 3.68. The Morgan fingerprint density at radius 3 is 2.43 bits per heavy atom. The molecule has 1 fully saturated rings. The van der Waals surface area contributed by atoms with Crippen LogP contribution >= 0.6 is 0 Å². The van der Waals surface area contributed by atoms with Gasteiger partial charge >= 0.3 is 0 Å². The van der Waals surface area contributed by atoms with Crippen molar-refractivity contribution < 1.29 is 14.6 Å². The monoisotopic (exact) mass is 404 g/mol. The summed E-state index contributed by atoms with van der Waals surface area (Å²) in [5.41, 5.74) is 3.28. The summed E-state index contributed by atoms with van der Waals surface area (Å²) in [6, 6.07) is 16.5. The number of aliphatic hydroxyl groups is 1. The van der Waals surface area contributed by atoms with E-state index in [1.165, 1.54) is 0 Å². The smallest absolute Gasteiger partial charge is 0.125 e. The van der Waals surface area contributed by atoms with E-state index in [1.807, 2.05) is 41.6 Å². The van der Waals surface area contributed by atoms with Crippen molar-refractivity contribution >= 4 is 0 Å². The van der Waals surface area contributed by atoms with Crippen LogP contribution in [0.15, 0.2) is 60.9 Å². The van der Waals surface area contributed by atoms with Gasteiger partial charge in [0.2, 0.25) is 0 Å². The lowest BCUT2D eigenvalue weighted by atomic mass is 10.0. The second-order valence-electron chi connectivity index (χ2n) is 7.67. The molecule has 1 saturated heterocycles. The van der Waals surface area contributed by atoms with Crippen molar-refractivity contribution in [2.45, 2.75) is 38.1 Å². The molecule has 2 aliphatic heterocycles. The Labute approximate surface area is 178 Å². The minimum atomic E-state index is -0.463. The quantitative estimate of drug-likeness (QED) is 0.749. The van der Waals surface area contributed by atoms with Crippen LogP contribution in [-0.4, -0.2) is 48.1 Å². The van der Waals surface area contributed by atoms with Crippen LogP contribution in [0.5, 0.6) is 5.75 Å². The molecule has 5 nitrogen and oxygen atoms in total. The highest BCUT2D eigenvalue weighted by atomic mass is 16.5. The number of aliphatic hydroxyl groups excluding tert-OH is 1. The maximum absolute atomic E-state index is 9.77. The minimum Gasteiger partial charge on any atom is -0.490 e.